The van der Waals surface area contributed by atoms with Crippen molar-refractivity contribution >= 4 is 17.2 Å². The number of nitrogens with one attached hydrogen (secondary N) is 1. The molecule has 0 bridgehead atoms. The van der Waals surface area contributed by atoms with Gasteiger partial charge < -0.3 is 10.2 Å². The van der Waals surface area contributed by atoms with E-state index in [0.29, 0.717) is 22.2 Å². The Balaban J connectivity index is 1.10. The van der Waals surface area contributed by atoms with Crippen LogP contribution in [0.25, 0.3) is 5.65 Å². The molecule has 8 nitrogen and oxygen atoms in total. The Hall–Kier alpha value is -4.06. The molecule has 1 N–H and O–H groups in total. The minimum Gasteiger partial charge on any atom is -0.322 e. The van der Waals surface area contributed by atoms with Gasteiger partial charge in [-0.3, -0.25) is 14.7 Å². The average Bonchev–Trinajstić information content (AvgIpc) is 3.25. The van der Waals surface area contributed by atoms with E-state index in [4.69, 9.17) is 0 Å². The molecule has 6 rings (SSSR count). The summed E-state index contributed by atoms with van der Waals surface area (Å²) in [5, 5.41) is 7.26. The molecule has 0 aliphatic carbocycles. The second kappa shape index (κ2) is 8.86. The van der Waals surface area contributed by atoms with E-state index >= 15 is 0 Å². The lowest BCUT2D eigenvalue weighted by atomic mass is 9.73. The van der Waals surface area contributed by atoms with Gasteiger partial charge >= 0.3 is 0 Å². The van der Waals surface area contributed by atoms with Crippen molar-refractivity contribution in [3.63, 3.8) is 0 Å². The van der Waals surface area contributed by atoms with Crippen LogP contribution in [0.3, 0.4) is 0 Å². The Morgan fingerprint density at radius 2 is 1.94 bits per heavy atom. The van der Waals surface area contributed by atoms with Crippen LogP contribution in [0.5, 0.6) is 0 Å². The van der Waals surface area contributed by atoms with Crippen LogP contribution in [0.4, 0.5) is 5.69 Å². The number of fused-ring (bicyclic) bond motifs is 1. The summed E-state index contributed by atoms with van der Waals surface area (Å²) in [6.07, 6.45) is 6.56. The van der Waals surface area contributed by atoms with E-state index < -0.39 is 0 Å². The highest BCUT2D eigenvalue weighted by Gasteiger charge is 2.49. The summed E-state index contributed by atoms with van der Waals surface area (Å²) in [5.74, 6) is 5.91. The summed E-state index contributed by atoms with van der Waals surface area (Å²) in [6, 6.07) is 11.6. The van der Waals surface area contributed by atoms with Crippen molar-refractivity contribution in [2.45, 2.75) is 13.5 Å². The summed E-state index contributed by atoms with van der Waals surface area (Å²) in [4.78, 5) is 26.3. The Morgan fingerprint density at radius 1 is 1.08 bits per heavy atom. The number of aryl methyl sites for hydroxylation is 1. The number of likely N-dealkylation sites (tertiary alicyclic amines) is 2. The van der Waals surface area contributed by atoms with Crippen LogP contribution in [0, 0.1) is 24.2 Å². The van der Waals surface area contributed by atoms with E-state index in [2.05, 4.69) is 62.1 Å². The highest BCUT2D eigenvalue weighted by molar-refractivity contribution is 6.04. The highest BCUT2D eigenvalue weighted by Crippen LogP contribution is 2.39. The van der Waals surface area contributed by atoms with E-state index in [1.165, 1.54) is 37.3 Å². The second-order valence-corrected chi connectivity index (χ2v) is 10.1. The third-order valence-electron chi connectivity index (χ3n) is 6.94. The predicted molar refractivity (Wildman–Crippen MR) is 138 cm³/mol. The van der Waals surface area contributed by atoms with Crippen LogP contribution in [0.15, 0.2) is 61.2 Å². The van der Waals surface area contributed by atoms with Gasteiger partial charge in [0.2, 0.25) is 0 Å². The van der Waals surface area contributed by atoms with Gasteiger partial charge in [0, 0.05) is 68.0 Å². The molecule has 2 aliphatic heterocycles. The molecule has 2 saturated heterocycles. The SMILES string of the molecule is Cc1cc(NC(=O)c2cncc(C#Cc3cnc4cccnn34)c2)ccc1CN1CC2(CN(C)C2)C1. The lowest BCUT2D eigenvalue weighted by Crippen LogP contribution is -2.70. The van der Waals surface area contributed by atoms with Gasteiger partial charge in [-0.1, -0.05) is 12.0 Å². The van der Waals surface area contributed by atoms with E-state index in [9.17, 15) is 4.79 Å². The molecular weight excluding hydrogens is 450 g/mol. The van der Waals surface area contributed by atoms with Crippen LogP contribution in [-0.4, -0.2) is 68.5 Å². The van der Waals surface area contributed by atoms with Crippen LogP contribution in [0.2, 0.25) is 0 Å². The number of nitrogens with zero attached hydrogens (tertiary/aromatic N) is 6. The molecule has 36 heavy (non-hydrogen) atoms. The van der Waals surface area contributed by atoms with E-state index in [-0.39, 0.29) is 5.91 Å². The minimum absolute atomic E-state index is 0.214. The maximum Gasteiger partial charge on any atom is 0.257 e. The zero-order valence-electron chi connectivity index (χ0n) is 20.4. The number of rotatable bonds is 4. The van der Waals surface area contributed by atoms with Crippen molar-refractivity contribution in [3.05, 3.63) is 89.1 Å². The number of aromatic nitrogens is 4. The fourth-order valence-corrected chi connectivity index (χ4v) is 5.39. The van der Waals surface area contributed by atoms with Gasteiger partial charge in [-0.25, -0.2) is 9.50 Å². The van der Waals surface area contributed by atoms with Gasteiger partial charge in [0.1, 0.15) is 5.69 Å². The largest absolute Gasteiger partial charge is 0.322 e. The number of anilines is 1. The highest BCUT2D eigenvalue weighted by atomic mass is 16.1. The summed E-state index contributed by atoms with van der Waals surface area (Å²) < 4.78 is 1.68. The molecule has 0 atom stereocenters. The molecule has 4 aromatic rings. The number of amides is 1. The Kier molecular flexibility index (Phi) is 5.52. The van der Waals surface area contributed by atoms with E-state index in [1.807, 2.05) is 24.3 Å². The van der Waals surface area contributed by atoms with Crippen LogP contribution in [-0.2, 0) is 6.54 Å². The first-order chi connectivity index (χ1) is 17.5. The fraction of sp³-hybridized carbons (Fsp3) is 0.286. The number of pyridine rings is 1. The Morgan fingerprint density at radius 3 is 2.75 bits per heavy atom. The van der Waals surface area contributed by atoms with Crippen molar-refractivity contribution < 1.29 is 4.79 Å². The minimum atomic E-state index is -0.214. The molecule has 2 fully saturated rings. The zero-order valence-corrected chi connectivity index (χ0v) is 20.4. The zero-order chi connectivity index (χ0) is 24.7. The van der Waals surface area contributed by atoms with Crippen LogP contribution >= 0.6 is 0 Å². The topological polar surface area (TPSA) is 78.7 Å². The summed E-state index contributed by atoms with van der Waals surface area (Å²) in [7, 11) is 2.19. The van der Waals surface area contributed by atoms with Gasteiger partial charge in [-0.05, 0) is 61.4 Å². The summed E-state index contributed by atoms with van der Waals surface area (Å²) in [6.45, 7) is 7.84. The molecule has 0 unspecified atom stereocenters. The molecule has 1 aromatic carbocycles. The van der Waals surface area contributed by atoms with Crippen molar-refractivity contribution in [1.82, 2.24) is 29.4 Å². The molecule has 0 radical (unpaired) electrons. The van der Waals surface area contributed by atoms with Crippen molar-refractivity contribution in [3.8, 4) is 11.8 Å². The Bertz CT molecular complexity index is 1520. The maximum absolute atomic E-state index is 12.9. The number of carbonyl (C=O) groups excluding carboxylic acids is 1. The number of hydrogen-bond acceptors (Lipinski definition) is 6. The molecule has 5 heterocycles. The number of hydrogen-bond donors (Lipinski definition) is 1. The smallest absolute Gasteiger partial charge is 0.257 e. The van der Waals surface area contributed by atoms with Gasteiger partial charge in [-0.15, -0.1) is 0 Å². The van der Waals surface area contributed by atoms with Crippen molar-refractivity contribution in [2.75, 3.05) is 38.5 Å². The first-order valence-electron chi connectivity index (χ1n) is 12.0. The van der Waals surface area contributed by atoms with E-state index in [0.717, 1.165) is 17.9 Å². The number of carbonyl (C=O) groups is 1. The maximum atomic E-state index is 12.9. The predicted octanol–water partition coefficient (Wildman–Crippen LogP) is 2.83. The molecule has 1 amide bonds. The molecule has 0 saturated carbocycles. The fourth-order valence-electron chi connectivity index (χ4n) is 5.39. The van der Waals surface area contributed by atoms with Crippen LogP contribution < -0.4 is 5.32 Å². The third-order valence-corrected chi connectivity index (χ3v) is 6.94. The lowest BCUT2D eigenvalue weighted by molar-refractivity contribution is -0.108. The van der Waals surface area contributed by atoms with E-state index in [1.54, 1.807) is 35.4 Å². The second-order valence-electron chi connectivity index (χ2n) is 10.1. The number of benzene rings is 1. The molecular formula is C28H27N7O. The monoisotopic (exact) mass is 477 g/mol. The molecule has 3 aromatic heterocycles. The van der Waals surface area contributed by atoms with Crippen molar-refractivity contribution in [2.24, 2.45) is 5.41 Å². The normalized spacial score (nSPS) is 16.7. The quantitative estimate of drug-likeness (QED) is 0.456. The third kappa shape index (κ3) is 4.35. The molecule has 2 aliphatic rings. The van der Waals surface area contributed by atoms with Gasteiger partial charge in [0.05, 0.1) is 11.8 Å². The standard InChI is InChI=1S/C28H27N7O/c1-20-10-24(7-6-22(20)15-34-18-28(19-34)16-33(2)17-28)32-27(36)23-11-21(12-29-13-23)5-8-25-14-30-26-4-3-9-31-35(25)26/h3-4,6-7,9-14H,15-19H2,1-2H3,(H,32,36). The number of imidazole rings is 1. The average molecular weight is 478 g/mol. The van der Waals surface area contributed by atoms with Gasteiger partial charge in [-0.2, -0.15) is 5.10 Å². The first kappa shape index (κ1) is 22.4. The first-order valence-corrected chi connectivity index (χ1v) is 12.0. The van der Waals surface area contributed by atoms with Crippen LogP contribution in [0.1, 0.15) is 32.7 Å². The molecule has 1 spiro atoms. The van der Waals surface area contributed by atoms with Gasteiger partial charge in [0.25, 0.3) is 5.91 Å². The summed E-state index contributed by atoms with van der Waals surface area (Å²) in [5.41, 5.74) is 6.29. The summed E-state index contributed by atoms with van der Waals surface area (Å²) >= 11 is 0. The Labute approximate surface area is 210 Å². The molecule has 180 valence electrons. The van der Waals surface area contributed by atoms with Gasteiger partial charge in [0.15, 0.2) is 5.65 Å². The van der Waals surface area contributed by atoms with Crippen molar-refractivity contribution in [1.29, 1.82) is 0 Å². The molecule has 8 heteroatoms. The lowest BCUT2D eigenvalue weighted by Gasteiger charge is -2.59.